The van der Waals surface area contributed by atoms with E-state index < -0.39 is 18.4 Å². The number of carbonyl (C=O) groups excluding carboxylic acids is 2. The summed E-state index contributed by atoms with van der Waals surface area (Å²) in [6, 6.07) is 22.6. The van der Waals surface area contributed by atoms with E-state index in [0.29, 0.717) is 18.2 Å². The smallest absolute Gasteiger partial charge is 0.407 e. The molecule has 0 saturated heterocycles. The fraction of sp³-hybridized carbons (Fsp3) is 0.394. The van der Waals surface area contributed by atoms with Crippen LogP contribution in [0.15, 0.2) is 72.8 Å². The van der Waals surface area contributed by atoms with Crippen molar-refractivity contribution in [3.05, 3.63) is 94.5 Å². The van der Waals surface area contributed by atoms with Crippen LogP contribution in [0.5, 0.6) is 0 Å². The third-order valence-electron chi connectivity index (χ3n) is 7.24. The first kappa shape index (κ1) is 30.6. The first-order chi connectivity index (χ1) is 19.8. The number of hydrogen-bond acceptors (Lipinski definition) is 5. The van der Waals surface area contributed by atoms with Gasteiger partial charge < -0.3 is 24.4 Å². The van der Waals surface area contributed by atoms with Crippen LogP contribution in [0.25, 0.3) is 11.1 Å². The van der Waals surface area contributed by atoms with Crippen LogP contribution in [0.3, 0.4) is 0 Å². The predicted molar refractivity (Wildman–Crippen MR) is 161 cm³/mol. The molecule has 2 amide bonds. The molecule has 1 unspecified atom stereocenters. The van der Waals surface area contributed by atoms with Crippen LogP contribution in [-0.4, -0.2) is 61.6 Å². The minimum atomic E-state index is -0.863. The quantitative estimate of drug-likeness (QED) is 0.237. The molecule has 218 valence electrons. The second kappa shape index (κ2) is 14.5. The number of halogens is 1. The number of nitrogens with zero attached hydrogens (tertiary/aromatic N) is 1. The van der Waals surface area contributed by atoms with Crippen LogP contribution in [0.1, 0.15) is 50.3 Å². The molecule has 41 heavy (non-hydrogen) atoms. The first-order valence-corrected chi connectivity index (χ1v) is 14.6. The molecule has 1 aliphatic carbocycles. The Bertz CT molecular complexity index is 1260. The average Bonchev–Trinajstić information content (AvgIpc) is 3.29. The van der Waals surface area contributed by atoms with E-state index in [1.807, 2.05) is 64.1 Å². The number of nitrogens with one attached hydrogen (secondary N) is 1. The Morgan fingerprint density at radius 3 is 1.98 bits per heavy atom. The SMILES string of the molecule is CCOC(CN(C(=O)C(Cc1ccc(Cl)cc1)NC(=O)OCC1c2ccccc2-c2ccccc21)C(C)C)OCC. The van der Waals surface area contributed by atoms with E-state index in [2.05, 4.69) is 29.6 Å². The summed E-state index contributed by atoms with van der Waals surface area (Å²) in [5, 5.41) is 3.46. The zero-order chi connectivity index (χ0) is 29.4. The van der Waals surface area contributed by atoms with Gasteiger partial charge in [-0.3, -0.25) is 4.79 Å². The Kier molecular flexibility index (Phi) is 10.8. The highest BCUT2D eigenvalue weighted by Gasteiger charge is 2.32. The van der Waals surface area contributed by atoms with E-state index in [-0.39, 0.29) is 37.4 Å². The second-order valence-corrected chi connectivity index (χ2v) is 10.7. The molecule has 0 bridgehead atoms. The second-order valence-electron chi connectivity index (χ2n) is 10.3. The molecule has 1 N–H and O–H groups in total. The molecule has 0 radical (unpaired) electrons. The fourth-order valence-corrected chi connectivity index (χ4v) is 5.41. The molecular formula is C33H39ClN2O5. The van der Waals surface area contributed by atoms with Crippen LogP contribution in [-0.2, 0) is 25.4 Å². The van der Waals surface area contributed by atoms with E-state index in [1.54, 1.807) is 17.0 Å². The normalized spacial score (nSPS) is 13.1. The van der Waals surface area contributed by atoms with Crippen molar-refractivity contribution in [3.63, 3.8) is 0 Å². The summed E-state index contributed by atoms with van der Waals surface area (Å²) in [4.78, 5) is 28.9. The monoisotopic (exact) mass is 578 g/mol. The Hall–Kier alpha value is -3.39. The summed E-state index contributed by atoms with van der Waals surface area (Å²) >= 11 is 6.09. The summed E-state index contributed by atoms with van der Waals surface area (Å²) in [6.45, 7) is 8.94. The van der Waals surface area contributed by atoms with Crippen molar-refractivity contribution in [2.45, 2.75) is 58.4 Å². The van der Waals surface area contributed by atoms with Gasteiger partial charge in [-0.15, -0.1) is 0 Å². The lowest BCUT2D eigenvalue weighted by Crippen LogP contribution is -2.54. The largest absolute Gasteiger partial charge is 0.449 e. The van der Waals surface area contributed by atoms with Gasteiger partial charge >= 0.3 is 6.09 Å². The van der Waals surface area contributed by atoms with Crippen LogP contribution in [0.4, 0.5) is 4.79 Å². The summed E-state index contributed by atoms with van der Waals surface area (Å²) in [5.74, 6) is -0.322. The maximum atomic E-state index is 13.9. The van der Waals surface area contributed by atoms with Gasteiger partial charge in [-0.05, 0) is 67.6 Å². The van der Waals surface area contributed by atoms with Gasteiger partial charge in [0.2, 0.25) is 5.91 Å². The van der Waals surface area contributed by atoms with Crippen molar-refractivity contribution in [1.82, 2.24) is 10.2 Å². The molecule has 3 aromatic rings. The van der Waals surface area contributed by atoms with Gasteiger partial charge in [0.1, 0.15) is 12.6 Å². The first-order valence-electron chi connectivity index (χ1n) is 14.2. The van der Waals surface area contributed by atoms with Gasteiger partial charge in [-0.2, -0.15) is 0 Å². The number of alkyl carbamates (subject to hydrolysis) is 1. The van der Waals surface area contributed by atoms with Gasteiger partial charge in [-0.25, -0.2) is 4.79 Å². The molecule has 1 atom stereocenters. The molecule has 0 aromatic heterocycles. The lowest BCUT2D eigenvalue weighted by molar-refractivity contribution is -0.162. The third-order valence-corrected chi connectivity index (χ3v) is 7.50. The molecular weight excluding hydrogens is 540 g/mol. The molecule has 0 saturated carbocycles. The molecule has 8 heteroatoms. The van der Waals surface area contributed by atoms with E-state index in [0.717, 1.165) is 27.8 Å². The Balaban J connectivity index is 1.51. The molecule has 0 heterocycles. The highest BCUT2D eigenvalue weighted by atomic mass is 35.5. The highest BCUT2D eigenvalue weighted by Crippen LogP contribution is 2.44. The Morgan fingerprint density at radius 1 is 0.878 bits per heavy atom. The number of amides is 2. The van der Waals surface area contributed by atoms with Crippen LogP contribution < -0.4 is 5.32 Å². The third kappa shape index (κ3) is 7.67. The summed E-state index contributed by atoms with van der Waals surface area (Å²) in [5.41, 5.74) is 5.41. The van der Waals surface area contributed by atoms with Crippen molar-refractivity contribution in [2.24, 2.45) is 0 Å². The predicted octanol–water partition coefficient (Wildman–Crippen LogP) is 6.43. The van der Waals surface area contributed by atoms with Crippen molar-refractivity contribution in [1.29, 1.82) is 0 Å². The van der Waals surface area contributed by atoms with Crippen molar-refractivity contribution >= 4 is 23.6 Å². The Morgan fingerprint density at radius 2 is 1.44 bits per heavy atom. The number of carbonyl (C=O) groups is 2. The zero-order valence-corrected chi connectivity index (χ0v) is 24.9. The van der Waals surface area contributed by atoms with Gasteiger partial charge in [0, 0.05) is 36.6 Å². The van der Waals surface area contributed by atoms with E-state index in [4.69, 9.17) is 25.8 Å². The van der Waals surface area contributed by atoms with Crippen molar-refractivity contribution < 1.29 is 23.8 Å². The number of rotatable bonds is 13. The maximum Gasteiger partial charge on any atom is 0.407 e. The standard InChI is InChI=1S/C33H39ClN2O5/c1-5-39-31(40-6-2)20-36(22(3)4)32(37)30(19-23-15-17-24(34)18-16-23)35-33(38)41-21-29-27-13-9-7-11-25(27)26-12-8-10-14-28(26)29/h7-18,22,29-31H,5-6,19-21H2,1-4H3,(H,35,38). The lowest BCUT2D eigenvalue weighted by atomic mass is 9.98. The lowest BCUT2D eigenvalue weighted by Gasteiger charge is -2.33. The van der Waals surface area contributed by atoms with Crippen LogP contribution in [0, 0.1) is 0 Å². The molecule has 3 aromatic carbocycles. The molecule has 7 nitrogen and oxygen atoms in total. The van der Waals surface area contributed by atoms with Gasteiger partial charge in [0.05, 0.1) is 6.54 Å². The van der Waals surface area contributed by atoms with Crippen LogP contribution in [0.2, 0.25) is 5.02 Å². The van der Waals surface area contributed by atoms with Crippen molar-refractivity contribution in [2.75, 3.05) is 26.4 Å². The fourth-order valence-electron chi connectivity index (χ4n) is 5.28. The summed E-state index contributed by atoms with van der Waals surface area (Å²) < 4.78 is 17.2. The average molecular weight is 579 g/mol. The minimum Gasteiger partial charge on any atom is -0.449 e. The molecule has 0 spiro atoms. The van der Waals surface area contributed by atoms with Gasteiger partial charge in [-0.1, -0.05) is 72.3 Å². The molecule has 4 rings (SSSR count). The summed E-state index contributed by atoms with van der Waals surface area (Å²) in [7, 11) is 0. The van der Waals surface area contributed by atoms with Gasteiger partial charge in [0.25, 0.3) is 0 Å². The Labute approximate surface area is 247 Å². The number of ether oxygens (including phenoxy) is 3. The maximum absolute atomic E-state index is 13.9. The van der Waals surface area contributed by atoms with E-state index in [1.165, 1.54) is 0 Å². The topological polar surface area (TPSA) is 77.1 Å². The molecule has 0 fully saturated rings. The van der Waals surface area contributed by atoms with Gasteiger partial charge in [0.15, 0.2) is 6.29 Å². The minimum absolute atomic E-state index is 0.0797. The summed E-state index contributed by atoms with van der Waals surface area (Å²) in [6.07, 6.45) is -0.937. The molecule has 1 aliphatic rings. The number of fused-ring (bicyclic) bond motifs is 3. The van der Waals surface area contributed by atoms with Crippen molar-refractivity contribution in [3.8, 4) is 11.1 Å². The van der Waals surface area contributed by atoms with E-state index >= 15 is 0 Å². The number of hydrogen-bond donors (Lipinski definition) is 1. The number of benzene rings is 3. The van der Waals surface area contributed by atoms with E-state index in [9.17, 15) is 9.59 Å². The van der Waals surface area contributed by atoms with Crippen LogP contribution >= 0.6 is 11.6 Å². The highest BCUT2D eigenvalue weighted by molar-refractivity contribution is 6.30. The molecule has 0 aliphatic heterocycles. The zero-order valence-electron chi connectivity index (χ0n) is 24.1.